The number of sulfone groups is 1. The number of benzene rings is 1. The second-order valence-electron chi connectivity index (χ2n) is 4.63. The largest absolute Gasteiger partial charge is 0.384 e. The Kier molecular flexibility index (Phi) is 4.42. The third kappa shape index (κ3) is 3.83. The molecule has 1 atom stereocenters. The Bertz CT molecular complexity index is 653. The monoisotopic (exact) mass is 293 g/mol. The SMILES string of the molecule is O=C(Nc1ccc(C#CCO)cc1)C1CCS(=O)(=O)C1. The number of amides is 1. The molecular weight excluding hydrogens is 278 g/mol. The number of hydrogen-bond acceptors (Lipinski definition) is 4. The molecule has 0 spiro atoms. The van der Waals surface area contributed by atoms with Gasteiger partial charge < -0.3 is 10.4 Å². The maximum Gasteiger partial charge on any atom is 0.228 e. The fourth-order valence-corrected chi connectivity index (χ4v) is 3.77. The van der Waals surface area contributed by atoms with Crippen LogP contribution in [0.25, 0.3) is 0 Å². The summed E-state index contributed by atoms with van der Waals surface area (Å²) in [5.74, 6) is 4.56. The Balaban J connectivity index is 1.98. The highest BCUT2D eigenvalue weighted by molar-refractivity contribution is 7.91. The average molecular weight is 293 g/mol. The van der Waals surface area contributed by atoms with Crippen LogP contribution in [0.1, 0.15) is 12.0 Å². The number of anilines is 1. The predicted octanol–water partition coefficient (Wildman–Crippen LogP) is 0.404. The van der Waals surface area contributed by atoms with E-state index in [2.05, 4.69) is 17.2 Å². The van der Waals surface area contributed by atoms with Gasteiger partial charge in [0.1, 0.15) is 6.61 Å². The standard InChI is InChI=1S/C14H15NO4S/c16-8-1-2-11-3-5-13(6-4-11)15-14(17)12-7-9-20(18,19)10-12/h3-6,12,16H,7-10H2,(H,15,17). The zero-order valence-corrected chi connectivity index (χ0v) is 11.6. The Morgan fingerprint density at radius 1 is 1.35 bits per heavy atom. The van der Waals surface area contributed by atoms with Crippen molar-refractivity contribution in [2.45, 2.75) is 6.42 Å². The van der Waals surface area contributed by atoms with Crippen LogP contribution < -0.4 is 5.32 Å². The van der Waals surface area contributed by atoms with E-state index < -0.39 is 15.8 Å². The van der Waals surface area contributed by atoms with Gasteiger partial charge >= 0.3 is 0 Å². The predicted molar refractivity (Wildman–Crippen MR) is 75.8 cm³/mol. The number of aliphatic hydroxyl groups is 1. The van der Waals surface area contributed by atoms with Crippen molar-refractivity contribution >= 4 is 21.4 Å². The molecule has 2 N–H and O–H groups in total. The summed E-state index contributed by atoms with van der Waals surface area (Å²) in [7, 11) is -3.05. The van der Waals surface area contributed by atoms with Crippen molar-refractivity contribution in [2.75, 3.05) is 23.4 Å². The lowest BCUT2D eigenvalue weighted by Gasteiger charge is -2.09. The molecule has 1 fully saturated rings. The third-order valence-electron chi connectivity index (χ3n) is 3.07. The minimum Gasteiger partial charge on any atom is -0.384 e. The smallest absolute Gasteiger partial charge is 0.228 e. The molecule has 1 aromatic rings. The van der Waals surface area contributed by atoms with E-state index in [0.717, 1.165) is 5.56 Å². The maximum absolute atomic E-state index is 11.9. The molecule has 6 heteroatoms. The molecule has 0 radical (unpaired) electrons. The van der Waals surface area contributed by atoms with Gasteiger partial charge in [-0.25, -0.2) is 8.42 Å². The van der Waals surface area contributed by atoms with Gasteiger partial charge in [-0.1, -0.05) is 11.8 Å². The summed E-state index contributed by atoms with van der Waals surface area (Å²) >= 11 is 0. The Morgan fingerprint density at radius 3 is 2.60 bits per heavy atom. The molecule has 0 aliphatic carbocycles. The lowest BCUT2D eigenvalue weighted by molar-refractivity contribution is -0.119. The summed E-state index contributed by atoms with van der Waals surface area (Å²) < 4.78 is 22.7. The van der Waals surface area contributed by atoms with Crippen LogP contribution in [0.2, 0.25) is 0 Å². The van der Waals surface area contributed by atoms with Crippen molar-refractivity contribution in [1.82, 2.24) is 0 Å². The van der Waals surface area contributed by atoms with Crippen LogP contribution >= 0.6 is 0 Å². The van der Waals surface area contributed by atoms with E-state index in [4.69, 9.17) is 5.11 Å². The van der Waals surface area contributed by atoms with Gasteiger partial charge in [0.05, 0.1) is 17.4 Å². The van der Waals surface area contributed by atoms with Gasteiger partial charge in [-0.05, 0) is 30.7 Å². The van der Waals surface area contributed by atoms with Crippen LogP contribution in [-0.2, 0) is 14.6 Å². The first-order valence-electron chi connectivity index (χ1n) is 6.21. The summed E-state index contributed by atoms with van der Waals surface area (Å²) in [6.45, 7) is -0.200. The van der Waals surface area contributed by atoms with Crippen LogP contribution in [0.15, 0.2) is 24.3 Å². The zero-order valence-electron chi connectivity index (χ0n) is 10.8. The molecule has 106 valence electrons. The van der Waals surface area contributed by atoms with Crippen LogP contribution in [0.5, 0.6) is 0 Å². The first-order valence-corrected chi connectivity index (χ1v) is 8.03. The molecule has 2 rings (SSSR count). The van der Waals surface area contributed by atoms with Crippen LogP contribution in [0, 0.1) is 17.8 Å². The second kappa shape index (κ2) is 6.07. The Morgan fingerprint density at radius 2 is 2.05 bits per heavy atom. The molecule has 1 aliphatic rings. The number of hydrogen-bond donors (Lipinski definition) is 2. The molecular formula is C14H15NO4S. The Labute approximate surface area is 117 Å². The van der Waals surface area contributed by atoms with Gasteiger partial charge in [0.25, 0.3) is 0 Å². The second-order valence-corrected chi connectivity index (χ2v) is 6.86. The number of rotatable bonds is 2. The molecule has 20 heavy (non-hydrogen) atoms. The fraction of sp³-hybridized carbons (Fsp3) is 0.357. The number of carbonyl (C=O) groups excluding carboxylic acids is 1. The molecule has 1 aromatic carbocycles. The van der Waals surface area contributed by atoms with Crippen molar-refractivity contribution in [3.63, 3.8) is 0 Å². The van der Waals surface area contributed by atoms with E-state index in [0.29, 0.717) is 12.1 Å². The van der Waals surface area contributed by atoms with Crippen molar-refractivity contribution < 1.29 is 18.3 Å². The molecule has 1 heterocycles. The Hall–Kier alpha value is -1.84. The van der Waals surface area contributed by atoms with Gasteiger partial charge in [-0.15, -0.1) is 0 Å². The highest BCUT2D eigenvalue weighted by atomic mass is 32.2. The number of aliphatic hydroxyl groups excluding tert-OH is 1. The van der Waals surface area contributed by atoms with Crippen LogP contribution in [-0.4, -0.2) is 37.5 Å². The van der Waals surface area contributed by atoms with Gasteiger partial charge in [0.2, 0.25) is 5.91 Å². The van der Waals surface area contributed by atoms with Crippen molar-refractivity contribution in [2.24, 2.45) is 5.92 Å². The van der Waals surface area contributed by atoms with Crippen molar-refractivity contribution in [3.8, 4) is 11.8 Å². The van der Waals surface area contributed by atoms with E-state index in [1.807, 2.05) is 0 Å². The molecule has 1 unspecified atom stereocenters. The topological polar surface area (TPSA) is 83.5 Å². The number of nitrogens with one attached hydrogen (secondary N) is 1. The van der Waals surface area contributed by atoms with E-state index in [1.165, 1.54) is 0 Å². The van der Waals surface area contributed by atoms with Gasteiger partial charge in [-0.3, -0.25) is 4.79 Å². The first kappa shape index (κ1) is 14.6. The molecule has 0 saturated carbocycles. The summed E-state index contributed by atoms with van der Waals surface area (Å²) in [5.41, 5.74) is 1.34. The summed E-state index contributed by atoms with van der Waals surface area (Å²) in [5, 5.41) is 11.3. The molecule has 0 aromatic heterocycles. The van der Waals surface area contributed by atoms with Gasteiger partial charge in [0.15, 0.2) is 9.84 Å². The minimum atomic E-state index is -3.05. The van der Waals surface area contributed by atoms with Crippen LogP contribution in [0.3, 0.4) is 0 Å². The van der Waals surface area contributed by atoms with E-state index >= 15 is 0 Å². The normalized spacial score (nSPS) is 19.9. The molecule has 5 nitrogen and oxygen atoms in total. The summed E-state index contributed by atoms with van der Waals surface area (Å²) in [6, 6.07) is 6.85. The van der Waals surface area contributed by atoms with Crippen LogP contribution in [0.4, 0.5) is 5.69 Å². The van der Waals surface area contributed by atoms with Gasteiger partial charge in [0, 0.05) is 11.3 Å². The molecule has 1 amide bonds. The van der Waals surface area contributed by atoms with Crippen molar-refractivity contribution in [3.05, 3.63) is 29.8 Å². The first-order chi connectivity index (χ1) is 9.50. The molecule has 0 bridgehead atoms. The zero-order chi connectivity index (χ0) is 14.6. The number of carbonyl (C=O) groups is 1. The third-order valence-corrected chi connectivity index (χ3v) is 4.84. The highest BCUT2D eigenvalue weighted by Crippen LogP contribution is 2.20. The fourth-order valence-electron chi connectivity index (χ4n) is 2.02. The average Bonchev–Trinajstić information content (AvgIpc) is 2.78. The lowest BCUT2D eigenvalue weighted by atomic mass is 10.1. The minimum absolute atomic E-state index is 0.0705. The molecule has 1 saturated heterocycles. The lowest BCUT2D eigenvalue weighted by Crippen LogP contribution is -2.23. The van der Waals surface area contributed by atoms with E-state index in [-0.39, 0.29) is 24.0 Å². The quantitative estimate of drug-likeness (QED) is 0.773. The maximum atomic E-state index is 11.9. The summed E-state index contributed by atoms with van der Waals surface area (Å²) in [6.07, 6.45) is 0.383. The molecule has 1 aliphatic heterocycles. The summed E-state index contributed by atoms with van der Waals surface area (Å²) in [4.78, 5) is 11.9. The van der Waals surface area contributed by atoms with Gasteiger partial charge in [-0.2, -0.15) is 0 Å². The van der Waals surface area contributed by atoms with E-state index in [1.54, 1.807) is 24.3 Å². The highest BCUT2D eigenvalue weighted by Gasteiger charge is 2.32. The van der Waals surface area contributed by atoms with Crippen molar-refractivity contribution in [1.29, 1.82) is 0 Å². The van der Waals surface area contributed by atoms with E-state index in [9.17, 15) is 13.2 Å².